The molecule has 3 N–H and O–H groups in total. The summed E-state index contributed by atoms with van der Waals surface area (Å²) >= 11 is 0. The fraction of sp³-hybridized carbons (Fsp3) is 0.259. The standard InChI is InChI=1S/C27H28N6O3/c1-17-11-12-28-23(13-17)29-15-27(16-30-33-32-27)21-9-7-20(8-10-21)14-22(26(35)36)31-25(34)24-18(2)5-4-6-19(24)3/h4-13,16,22H,14-15H2,1-3H3,(H,28,29)(H,31,34)(H,35,36). The summed E-state index contributed by atoms with van der Waals surface area (Å²) in [5, 5.41) is 27.9. The number of nitrogens with zero attached hydrogens (tertiary/aromatic N) is 4. The van der Waals surface area contributed by atoms with Crippen LogP contribution in [0.4, 0.5) is 5.82 Å². The molecule has 0 saturated heterocycles. The molecule has 1 aliphatic rings. The van der Waals surface area contributed by atoms with Crippen LogP contribution in [-0.2, 0) is 16.8 Å². The van der Waals surface area contributed by atoms with E-state index in [1.54, 1.807) is 12.4 Å². The molecule has 2 atom stereocenters. The van der Waals surface area contributed by atoms with E-state index < -0.39 is 23.5 Å². The van der Waals surface area contributed by atoms with Crippen molar-refractivity contribution in [3.8, 4) is 0 Å². The van der Waals surface area contributed by atoms with Crippen molar-refractivity contribution in [2.75, 3.05) is 11.9 Å². The number of aliphatic carboxylic acids is 1. The van der Waals surface area contributed by atoms with Crippen molar-refractivity contribution in [1.82, 2.24) is 10.3 Å². The Morgan fingerprint density at radius 3 is 2.36 bits per heavy atom. The molecule has 2 unspecified atom stereocenters. The largest absolute Gasteiger partial charge is 0.480 e. The van der Waals surface area contributed by atoms with Crippen LogP contribution in [0.15, 0.2) is 76.2 Å². The monoisotopic (exact) mass is 484 g/mol. The van der Waals surface area contributed by atoms with Crippen LogP contribution in [0, 0.1) is 20.8 Å². The summed E-state index contributed by atoms with van der Waals surface area (Å²) in [5.74, 6) is -0.765. The van der Waals surface area contributed by atoms with E-state index in [9.17, 15) is 14.7 Å². The van der Waals surface area contributed by atoms with E-state index in [1.165, 1.54) is 0 Å². The van der Waals surface area contributed by atoms with E-state index in [4.69, 9.17) is 0 Å². The second kappa shape index (κ2) is 10.5. The third-order valence-electron chi connectivity index (χ3n) is 6.21. The number of pyridine rings is 1. The van der Waals surface area contributed by atoms with Crippen molar-refractivity contribution in [3.63, 3.8) is 0 Å². The SMILES string of the molecule is Cc1ccnc(NCC2(c3ccc(CC(NC(=O)c4c(C)cccc4C)C(=O)O)cc3)C=NN=N2)c1. The molecule has 4 rings (SSSR count). The van der Waals surface area contributed by atoms with Crippen LogP contribution < -0.4 is 10.6 Å². The minimum atomic E-state index is -1.10. The normalized spacial score (nSPS) is 17.1. The molecular formula is C27H28N6O3. The van der Waals surface area contributed by atoms with E-state index in [0.29, 0.717) is 12.1 Å². The number of aryl methyl sites for hydroxylation is 3. The van der Waals surface area contributed by atoms with Crippen LogP contribution in [0.2, 0.25) is 0 Å². The average molecular weight is 485 g/mol. The smallest absolute Gasteiger partial charge is 0.326 e. The van der Waals surface area contributed by atoms with Crippen molar-refractivity contribution >= 4 is 23.9 Å². The van der Waals surface area contributed by atoms with E-state index >= 15 is 0 Å². The van der Waals surface area contributed by atoms with Gasteiger partial charge in [0.05, 0.1) is 12.8 Å². The average Bonchev–Trinajstić information content (AvgIpc) is 3.33. The Bertz CT molecular complexity index is 1300. The molecule has 0 saturated carbocycles. The lowest BCUT2D eigenvalue weighted by atomic mass is 9.90. The highest BCUT2D eigenvalue weighted by molar-refractivity contribution is 5.99. The molecule has 0 spiro atoms. The van der Waals surface area contributed by atoms with Gasteiger partial charge in [0.25, 0.3) is 5.91 Å². The number of rotatable bonds is 9. The summed E-state index contributed by atoms with van der Waals surface area (Å²) in [5.41, 5.74) is 4.01. The van der Waals surface area contributed by atoms with Gasteiger partial charge in [-0.25, -0.2) is 9.78 Å². The second-order valence-corrected chi connectivity index (χ2v) is 8.96. The number of hydrogen-bond donors (Lipinski definition) is 3. The Kier molecular flexibility index (Phi) is 7.19. The van der Waals surface area contributed by atoms with Gasteiger partial charge in [-0.15, -0.1) is 10.2 Å². The fourth-order valence-electron chi connectivity index (χ4n) is 4.19. The number of carbonyl (C=O) groups is 2. The van der Waals surface area contributed by atoms with E-state index in [1.807, 2.05) is 75.4 Å². The Balaban J connectivity index is 1.48. The molecular weight excluding hydrogens is 456 g/mol. The number of nitrogens with one attached hydrogen (secondary N) is 2. The van der Waals surface area contributed by atoms with Gasteiger partial charge in [-0.3, -0.25) is 4.79 Å². The maximum absolute atomic E-state index is 12.8. The molecule has 0 fully saturated rings. The summed E-state index contributed by atoms with van der Waals surface area (Å²) in [6.07, 6.45) is 3.55. The molecule has 36 heavy (non-hydrogen) atoms. The van der Waals surface area contributed by atoms with Crippen LogP contribution in [0.3, 0.4) is 0 Å². The highest BCUT2D eigenvalue weighted by Crippen LogP contribution is 2.29. The van der Waals surface area contributed by atoms with E-state index in [2.05, 4.69) is 31.1 Å². The molecule has 2 aromatic carbocycles. The van der Waals surface area contributed by atoms with Crippen LogP contribution in [0.25, 0.3) is 0 Å². The maximum atomic E-state index is 12.8. The predicted molar refractivity (Wildman–Crippen MR) is 137 cm³/mol. The lowest BCUT2D eigenvalue weighted by molar-refractivity contribution is -0.139. The number of aromatic nitrogens is 1. The van der Waals surface area contributed by atoms with Gasteiger partial charge in [-0.2, -0.15) is 0 Å². The zero-order valence-electron chi connectivity index (χ0n) is 20.4. The van der Waals surface area contributed by atoms with Crippen LogP contribution in [0.5, 0.6) is 0 Å². The number of anilines is 1. The number of benzene rings is 2. The van der Waals surface area contributed by atoms with Gasteiger partial charge in [0.1, 0.15) is 11.9 Å². The third kappa shape index (κ3) is 5.46. The Hall–Kier alpha value is -4.40. The molecule has 2 heterocycles. The van der Waals surface area contributed by atoms with Gasteiger partial charge in [0.2, 0.25) is 0 Å². The molecule has 1 amide bonds. The number of hydrogen-bond acceptors (Lipinski definition) is 7. The molecule has 184 valence electrons. The summed E-state index contributed by atoms with van der Waals surface area (Å²) in [6, 6.07) is 15.8. The Labute approximate surface area is 209 Å². The van der Waals surface area contributed by atoms with E-state index in [0.717, 1.165) is 33.6 Å². The van der Waals surface area contributed by atoms with Crippen LogP contribution >= 0.6 is 0 Å². The van der Waals surface area contributed by atoms with Gasteiger partial charge in [-0.1, -0.05) is 42.5 Å². The number of carboxylic acid groups (broad SMARTS) is 1. The molecule has 1 aromatic heterocycles. The topological polar surface area (TPSA) is 128 Å². The molecule has 1 aliphatic heterocycles. The first-order valence-corrected chi connectivity index (χ1v) is 11.6. The van der Waals surface area contributed by atoms with Crippen molar-refractivity contribution in [1.29, 1.82) is 0 Å². The first-order chi connectivity index (χ1) is 17.3. The lowest BCUT2D eigenvalue weighted by Crippen LogP contribution is -2.42. The summed E-state index contributed by atoms with van der Waals surface area (Å²) in [7, 11) is 0. The minimum Gasteiger partial charge on any atom is -0.480 e. The van der Waals surface area contributed by atoms with Gasteiger partial charge in [0.15, 0.2) is 5.54 Å². The highest BCUT2D eigenvalue weighted by atomic mass is 16.4. The van der Waals surface area contributed by atoms with Crippen LogP contribution in [0.1, 0.15) is 38.2 Å². The first-order valence-electron chi connectivity index (χ1n) is 11.6. The minimum absolute atomic E-state index is 0.139. The Morgan fingerprint density at radius 2 is 1.75 bits per heavy atom. The second-order valence-electron chi connectivity index (χ2n) is 8.96. The zero-order chi connectivity index (χ0) is 25.7. The van der Waals surface area contributed by atoms with Crippen molar-refractivity contribution in [2.45, 2.75) is 38.8 Å². The molecule has 0 bridgehead atoms. The molecule has 9 nitrogen and oxygen atoms in total. The van der Waals surface area contributed by atoms with Gasteiger partial charge >= 0.3 is 5.97 Å². The summed E-state index contributed by atoms with van der Waals surface area (Å²) in [4.78, 5) is 29.1. The van der Waals surface area contributed by atoms with Crippen LogP contribution in [-0.4, -0.2) is 40.8 Å². The van der Waals surface area contributed by atoms with Gasteiger partial charge in [-0.05, 0) is 65.9 Å². The summed E-state index contributed by atoms with van der Waals surface area (Å²) in [6.45, 7) is 6.06. The lowest BCUT2D eigenvalue weighted by Gasteiger charge is -2.23. The van der Waals surface area contributed by atoms with Crippen molar-refractivity contribution in [2.24, 2.45) is 15.4 Å². The fourth-order valence-corrected chi connectivity index (χ4v) is 4.19. The third-order valence-corrected chi connectivity index (χ3v) is 6.21. The first kappa shape index (κ1) is 24.7. The van der Waals surface area contributed by atoms with Crippen molar-refractivity contribution in [3.05, 3.63) is 94.2 Å². The van der Waals surface area contributed by atoms with Crippen molar-refractivity contribution < 1.29 is 14.7 Å². The number of amides is 1. The Morgan fingerprint density at radius 1 is 1.03 bits per heavy atom. The quantitative estimate of drug-likeness (QED) is 0.419. The molecule has 9 heteroatoms. The number of carbonyl (C=O) groups excluding carboxylic acids is 1. The predicted octanol–water partition coefficient (Wildman–Crippen LogP) is 4.19. The van der Waals surface area contributed by atoms with Gasteiger partial charge in [0, 0.05) is 18.2 Å². The maximum Gasteiger partial charge on any atom is 0.326 e. The zero-order valence-corrected chi connectivity index (χ0v) is 20.4. The summed E-state index contributed by atoms with van der Waals surface area (Å²) < 4.78 is 0. The molecule has 0 radical (unpaired) electrons. The number of carboxylic acids is 1. The van der Waals surface area contributed by atoms with Gasteiger partial charge < -0.3 is 15.7 Å². The van der Waals surface area contributed by atoms with E-state index in [-0.39, 0.29) is 6.42 Å². The highest BCUT2D eigenvalue weighted by Gasteiger charge is 2.34. The molecule has 0 aliphatic carbocycles. The molecule has 3 aromatic rings.